The van der Waals surface area contributed by atoms with E-state index >= 15 is 0 Å². The first-order valence-electron chi connectivity index (χ1n) is 8.99. The van der Waals surface area contributed by atoms with Gasteiger partial charge in [-0.3, -0.25) is 9.36 Å². The van der Waals surface area contributed by atoms with Gasteiger partial charge in [-0.05, 0) is 73.9 Å². The molecule has 2 aromatic carbocycles. The molecule has 1 fully saturated rings. The molecule has 1 unspecified atom stereocenters. The summed E-state index contributed by atoms with van der Waals surface area (Å²) >= 11 is 11.3. The minimum absolute atomic E-state index is 0.000219. The average Bonchev–Trinajstić information content (AvgIpc) is 3.42. The van der Waals surface area contributed by atoms with E-state index in [0.29, 0.717) is 21.4 Å². The van der Waals surface area contributed by atoms with Crippen molar-refractivity contribution in [1.82, 2.24) is 14.5 Å². The summed E-state index contributed by atoms with van der Waals surface area (Å²) in [7, 11) is 0. The molecule has 1 aliphatic carbocycles. The van der Waals surface area contributed by atoms with Gasteiger partial charge in [-0.2, -0.15) is 0 Å². The Morgan fingerprint density at radius 1 is 1.19 bits per heavy atom. The first-order valence-corrected chi connectivity index (χ1v) is 9.78. The third-order valence-electron chi connectivity index (χ3n) is 4.99. The van der Waals surface area contributed by atoms with Crippen LogP contribution in [-0.2, 0) is 0 Å². The fourth-order valence-electron chi connectivity index (χ4n) is 3.35. The van der Waals surface area contributed by atoms with Crippen molar-refractivity contribution in [2.75, 3.05) is 0 Å². The molecule has 1 saturated carbocycles. The predicted octanol–water partition coefficient (Wildman–Crippen LogP) is 5.55. The first-order chi connectivity index (χ1) is 13.0. The van der Waals surface area contributed by atoms with Crippen molar-refractivity contribution >= 4 is 29.7 Å². The second kappa shape index (κ2) is 7.33. The third kappa shape index (κ3) is 3.70. The van der Waals surface area contributed by atoms with E-state index in [9.17, 15) is 4.79 Å². The number of imidazole rings is 1. The molecule has 4 rings (SSSR count). The van der Waals surface area contributed by atoms with Gasteiger partial charge < -0.3 is 9.88 Å². The number of amides is 1. The summed E-state index contributed by atoms with van der Waals surface area (Å²) in [4.78, 5) is 18.2. The number of hydrogen-bond acceptors (Lipinski definition) is 2. The highest BCUT2D eigenvalue weighted by Crippen LogP contribution is 2.36. The Labute approximate surface area is 168 Å². The van der Waals surface area contributed by atoms with Gasteiger partial charge in [0.15, 0.2) is 4.77 Å². The van der Waals surface area contributed by atoms with E-state index in [0.717, 1.165) is 24.1 Å². The van der Waals surface area contributed by atoms with Crippen molar-refractivity contribution < 1.29 is 4.79 Å². The molecule has 6 heteroatoms. The molecule has 1 N–H and O–H groups in total. The molecule has 1 heterocycles. The molecule has 4 nitrogen and oxygen atoms in total. The van der Waals surface area contributed by atoms with Gasteiger partial charge in [0.2, 0.25) is 0 Å². The van der Waals surface area contributed by atoms with E-state index in [4.69, 9.17) is 23.8 Å². The smallest absolute Gasteiger partial charge is 0.254 e. The summed E-state index contributed by atoms with van der Waals surface area (Å²) in [5.74, 6) is 0.0594. The van der Waals surface area contributed by atoms with Crippen LogP contribution in [0.25, 0.3) is 5.69 Å². The van der Waals surface area contributed by atoms with Crippen molar-refractivity contribution in [2.45, 2.75) is 31.8 Å². The number of nitrogens with zero attached hydrogens (tertiary/aromatic N) is 2. The Kier molecular flexibility index (Phi) is 4.89. The van der Waals surface area contributed by atoms with Crippen molar-refractivity contribution in [3.05, 3.63) is 81.8 Å². The van der Waals surface area contributed by atoms with Gasteiger partial charge in [0.25, 0.3) is 5.91 Å². The Morgan fingerprint density at radius 2 is 1.85 bits per heavy atom. The lowest BCUT2D eigenvalue weighted by molar-refractivity contribution is 0.0674. The molecule has 0 spiro atoms. The fourth-order valence-corrected chi connectivity index (χ4v) is 3.71. The number of carbonyl (C=O) groups is 1. The average molecular weight is 398 g/mol. The SMILES string of the molecule is CC(c1ccc(Cl)cc1)N(C(=O)c1ccc(-n2cc[nH]c2=S)cc1)C1CC1. The molecule has 0 aliphatic heterocycles. The lowest BCUT2D eigenvalue weighted by Gasteiger charge is -2.30. The monoisotopic (exact) mass is 397 g/mol. The number of carbonyl (C=O) groups excluding carboxylic acids is 1. The second-order valence-corrected chi connectivity index (χ2v) is 7.68. The number of halogens is 1. The number of benzene rings is 2. The van der Waals surface area contributed by atoms with Gasteiger partial charge in [0.05, 0.1) is 6.04 Å². The zero-order chi connectivity index (χ0) is 19.0. The van der Waals surface area contributed by atoms with Crippen LogP contribution in [-0.4, -0.2) is 26.4 Å². The van der Waals surface area contributed by atoms with Crippen LogP contribution in [0.1, 0.15) is 41.7 Å². The molecule has 0 saturated heterocycles. The molecule has 138 valence electrons. The molecule has 3 aromatic rings. The van der Waals surface area contributed by atoms with E-state index in [-0.39, 0.29) is 11.9 Å². The molecule has 0 radical (unpaired) electrons. The van der Waals surface area contributed by atoms with E-state index in [1.165, 1.54) is 0 Å². The standard InChI is InChI=1S/C21H20ClN3OS/c1-14(15-2-6-17(22)7-3-15)25(19-10-11-19)20(26)16-4-8-18(9-5-16)24-13-12-23-21(24)27/h2-9,12-14,19H,10-11H2,1H3,(H,23,27). The minimum atomic E-state index is 0.000219. The quantitative estimate of drug-likeness (QED) is 0.573. The van der Waals surface area contributed by atoms with Crippen molar-refractivity contribution in [1.29, 1.82) is 0 Å². The molecular formula is C21H20ClN3OS. The maximum atomic E-state index is 13.2. The van der Waals surface area contributed by atoms with Gasteiger partial charge >= 0.3 is 0 Å². The number of H-pyrrole nitrogens is 1. The lowest BCUT2D eigenvalue weighted by atomic mass is 10.0. The highest BCUT2D eigenvalue weighted by molar-refractivity contribution is 7.71. The molecule has 27 heavy (non-hydrogen) atoms. The zero-order valence-corrected chi connectivity index (χ0v) is 16.5. The van der Waals surface area contributed by atoms with E-state index in [2.05, 4.69) is 11.9 Å². The fraction of sp³-hybridized carbons (Fsp3) is 0.238. The molecule has 1 atom stereocenters. The maximum Gasteiger partial charge on any atom is 0.254 e. The first kappa shape index (κ1) is 18.0. The Hall–Kier alpha value is -2.37. The lowest BCUT2D eigenvalue weighted by Crippen LogP contribution is -2.35. The largest absolute Gasteiger partial charge is 0.337 e. The van der Waals surface area contributed by atoms with Crippen molar-refractivity contribution in [2.24, 2.45) is 0 Å². The highest BCUT2D eigenvalue weighted by atomic mass is 35.5. The van der Waals surface area contributed by atoms with Crippen LogP contribution in [0.3, 0.4) is 0 Å². The van der Waals surface area contributed by atoms with Gasteiger partial charge in [-0.1, -0.05) is 23.7 Å². The Balaban J connectivity index is 1.60. The summed E-state index contributed by atoms with van der Waals surface area (Å²) in [6.45, 7) is 2.08. The van der Waals surface area contributed by atoms with Crippen LogP contribution in [0.5, 0.6) is 0 Å². The van der Waals surface area contributed by atoms with Crippen LogP contribution < -0.4 is 0 Å². The maximum absolute atomic E-state index is 13.2. The number of nitrogens with one attached hydrogen (secondary N) is 1. The van der Waals surface area contributed by atoms with Crippen molar-refractivity contribution in [3.8, 4) is 5.69 Å². The zero-order valence-electron chi connectivity index (χ0n) is 14.9. The molecule has 1 aromatic heterocycles. The molecule has 0 bridgehead atoms. The number of aromatic nitrogens is 2. The van der Waals surface area contributed by atoms with E-state index in [1.807, 2.05) is 64.2 Å². The third-order valence-corrected chi connectivity index (χ3v) is 5.55. The molecule has 1 amide bonds. The van der Waals surface area contributed by atoms with Crippen LogP contribution in [0.15, 0.2) is 60.9 Å². The number of aromatic amines is 1. The summed E-state index contributed by atoms with van der Waals surface area (Å²) in [6, 6.07) is 15.6. The van der Waals surface area contributed by atoms with Gasteiger partial charge in [0.1, 0.15) is 0 Å². The summed E-state index contributed by atoms with van der Waals surface area (Å²) in [5, 5.41) is 0.703. The topological polar surface area (TPSA) is 41.0 Å². The van der Waals surface area contributed by atoms with Gasteiger partial charge in [0, 0.05) is 34.7 Å². The van der Waals surface area contributed by atoms with Gasteiger partial charge in [-0.15, -0.1) is 0 Å². The predicted molar refractivity (Wildman–Crippen MR) is 110 cm³/mol. The molecular weight excluding hydrogens is 378 g/mol. The second-order valence-electron chi connectivity index (χ2n) is 6.85. The van der Waals surface area contributed by atoms with Crippen LogP contribution in [0.4, 0.5) is 0 Å². The van der Waals surface area contributed by atoms with Gasteiger partial charge in [-0.25, -0.2) is 0 Å². The van der Waals surface area contributed by atoms with Crippen LogP contribution in [0.2, 0.25) is 5.02 Å². The summed E-state index contributed by atoms with van der Waals surface area (Å²) < 4.78 is 2.50. The number of hydrogen-bond donors (Lipinski definition) is 1. The van der Waals surface area contributed by atoms with Crippen molar-refractivity contribution in [3.63, 3.8) is 0 Å². The number of rotatable bonds is 5. The summed E-state index contributed by atoms with van der Waals surface area (Å²) in [6.07, 6.45) is 5.78. The minimum Gasteiger partial charge on any atom is -0.337 e. The highest BCUT2D eigenvalue weighted by Gasteiger charge is 2.36. The van der Waals surface area contributed by atoms with E-state index in [1.54, 1.807) is 6.20 Å². The molecule has 1 aliphatic rings. The Morgan fingerprint density at radius 3 is 2.41 bits per heavy atom. The Bertz CT molecular complexity index is 1000. The normalized spacial score (nSPS) is 14.7. The van der Waals surface area contributed by atoms with Crippen LogP contribution in [0, 0.1) is 4.77 Å². The van der Waals surface area contributed by atoms with E-state index < -0.39 is 0 Å². The van der Waals surface area contributed by atoms with Crippen LogP contribution >= 0.6 is 23.8 Å². The summed E-state index contributed by atoms with van der Waals surface area (Å²) in [5.41, 5.74) is 2.71.